The van der Waals surface area contributed by atoms with Crippen molar-refractivity contribution < 1.29 is 22.7 Å². The Kier molecular flexibility index (Phi) is 9.89. The highest BCUT2D eigenvalue weighted by Gasteiger charge is 2.32. The maximum Gasteiger partial charge on any atom is 0.264 e. The number of amides is 2. The molecule has 0 saturated carbocycles. The molecule has 0 heterocycles. The van der Waals surface area contributed by atoms with Gasteiger partial charge in [-0.2, -0.15) is 0 Å². The molecule has 3 rings (SSSR count). The first kappa shape index (κ1) is 29.6. The molecule has 2 amide bonds. The normalized spacial score (nSPS) is 11.9. The fourth-order valence-corrected chi connectivity index (χ4v) is 5.83. The van der Waals surface area contributed by atoms with Gasteiger partial charge in [-0.05, 0) is 55.0 Å². The van der Waals surface area contributed by atoms with Gasteiger partial charge in [-0.3, -0.25) is 13.9 Å². The number of nitrogens with one attached hydrogen (secondary N) is 1. The summed E-state index contributed by atoms with van der Waals surface area (Å²) in [5.41, 5.74) is 0.676. The number of carbonyl (C=O) groups excluding carboxylic acids is 2. The first-order valence-electron chi connectivity index (χ1n) is 11.4. The number of anilines is 1. The van der Waals surface area contributed by atoms with Crippen LogP contribution in [-0.2, 0) is 26.2 Å². The number of carbonyl (C=O) groups is 2. The van der Waals surface area contributed by atoms with E-state index in [-0.39, 0.29) is 22.2 Å². The summed E-state index contributed by atoms with van der Waals surface area (Å²) in [6.07, 6.45) is 0. The Labute approximate surface area is 237 Å². The molecule has 3 aromatic carbocycles. The topological polar surface area (TPSA) is 96.0 Å². The summed E-state index contributed by atoms with van der Waals surface area (Å²) in [7, 11) is -1.33. The number of rotatable bonds is 10. The van der Waals surface area contributed by atoms with Gasteiger partial charge in [-0.15, -0.1) is 0 Å². The van der Waals surface area contributed by atoms with Crippen LogP contribution in [0.25, 0.3) is 0 Å². The van der Waals surface area contributed by atoms with Crippen LogP contribution in [0.1, 0.15) is 12.5 Å². The van der Waals surface area contributed by atoms with E-state index < -0.39 is 34.4 Å². The van der Waals surface area contributed by atoms with Crippen LogP contribution in [-0.4, -0.2) is 51.9 Å². The Hall–Kier alpha value is -2.98. The lowest BCUT2D eigenvalue weighted by Gasteiger charge is -2.32. The molecule has 8 nitrogen and oxygen atoms in total. The third-order valence-corrected chi connectivity index (χ3v) is 8.47. The molecule has 0 aromatic heterocycles. The third kappa shape index (κ3) is 6.71. The molecule has 3 aromatic rings. The molecule has 0 radical (unpaired) electrons. The minimum absolute atomic E-state index is 0.0219. The number of methoxy groups -OCH3 is 1. The molecule has 0 aliphatic heterocycles. The largest absolute Gasteiger partial charge is 0.495 e. The molecule has 0 bridgehead atoms. The first-order chi connectivity index (χ1) is 18.0. The first-order valence-corrected chi connectivity index (χ1v) is 13.9. The summed E-state index contributed by atoms with van der Waals surface area (Å²) in [4.78, 5) is 27.6. The predicted octanol–water partition coefficient (Wildman–Crippen LogP) is 5.01. The highest BCUT2D eigenvalue weighted by molar-refractivity contribution is 7.92. The van der Waals surface area contributed by atoms with E-state index in [1.165, 1.54) is 55.5 Å². The van der Waals surface area contributed by atoms with Crippen molar-refractivity contribution in [3.8, 4) is 5.75 Å². The predicted molar refractivity (Wildman–Crippen MR) is 150 cm³/mol. The van der Waals surface area contributed by atoms with Gasteiger partial charge in [0, 0.05) is 23.6 Å². The molecule has 38 heavy (non-hydrogen) atoms. The molecule has 0 fully saturated rings. The molecule has 0 aliphatic rings. The van der Waals surface area contributed by atoms with Crippen LogP contribution < -0.4 is 14.4 Å². The smallest absolute Gasteiger partial charge is 0.264 e. The molecular formula is C26H26Cl3N3O5S. The number of nitrogens with zero attached hydrogens (tertiary/aromatic N) is 2. The second kappa shape index (κ2) is 12.7. The van der Waals surface area contributed by atoms with Gasteiger partial charge in [0.25, 0.3) is 10.0 Å². The molecule has 202 valence electrons. The lowest BCUT2D eigenvalue weighted by molar-refractivity contribution is -0.139. The SMILES string of the molecule is CNC(=O)[C@H](C)N(Cc1ccc(Cl)cc1Cl)C(=O)CN(c1ccc(OC)c(Cl)c1)S(=O)(=O)c1ccccc1. The van der Waals surface area contributed by atoms with Crippen LogP contribution in [0.2, 0.25) is 15.1 Å². The summed E-state index contributed by atoms with van der Waals surface area (Å²) in [6.45, 7) is 0.860. The second-order valence-electron chi connectivity index (χ2n) is 8.19. The Balaban J connectivity index is 2.07. The number of benzene rings is 3. The van der Waals surface area contributed by atoms with Crippen molar-refractivity contribution in [3.63, 3.8) is 0 Å². The van der Waals surface area contributed by atoms with Crippen molar-refractivity contribution in [1.82, 2.24) is 10.2 Å². The van der Waals surface area contributed by atoms with E-state index in [1.54, 1.807) is 37.3 Å². The number of ether oxygens (including phenoxy) is 1. The van der Waals surface area contributed by atoms with Gasteiger partial charge >= 0.3 is 0 Å². The Morgan fingerprint density at radius 1 is 0.974 bits per heavy atom. The average molecular weight is 599 g/mol. The van der Waals surface area contributed by atoms with Crippen molar-refractivity contribution in [2.75, 3.05) is 25.0 Å². The average Bonchev–Trinajstić information content (AvgIpc) is 2.90. The fourth-order valence-electron chi connectivity index (χ4n) is 3.68. The third-order valence-electron chi connectivity index (χ3n) is 5.80. The molecule has 1 N–H and O–H groups in total. The van der Waals surface area contributed by atoms with E-state index in [1.807, 2.05) is 0 Å². The van der Waals surface area contributed by atoms with Gasteiger partial charge in [-0.1, -0.05) is 59.1 Å². The molecule has 0 spiro atoms. The maximum absolute atomic E-state index is 13.8. The summed E-state index contributed by atoms with van der Waals surface area (Å²) in [6, 6.07) is 15.9. The van der Waals surface area contributed by atoms with Gasteiger partial charge in [0.05, 0.1) is 22.7 Å². The molecule has 0 aliphatic carbocycles. The monoisotopic (exact) mass is 597 g/mol. The summed E-state index contributed by atoms with van der Waals surface area (Å²) >= 11 is 18.6. The number of sulfonamides is 1. The number of hydrogen-bond acceptors (Lipinski definition) is 5. The highest BCUT2D eigenvalue weighted by Crippen LogP contribution is 2.32. The standard InChI is InChI=1S/C26H26Cl3N3O5S/c1-17(26(34)30-2)31(15-18-9-10-19(27)13-22(18)28)25(33)16-32(20-11-12-24(37-3)23(29)14-20)38(35,36)21-7-5-4-6-8-21/h4-14,17H,15-16H2,1-3H3,(H,30,34)/t17-/m0/s1. The molecule has 0 unspecified atom stereocenters. The van der Waals surface area contributed by atoms with E-state index in [2.05, 4.69) is 5.32 Å². The zero-order valence-electron chi connectivity index (χ0n) is 20.8. The van der Waals surface area contributed by atoms with E-state index in [4.69, 9.17) is 39.5 Å². The summed E-state index contributed by atoms with van der Waals surface area (Å²) in [5.74, 6) is -0.738. The van der Waals surface area contributed by atoms with E-state index in [0.717, 1.165) is 4.31 Å². The molecule has 12 heteroatoms. The van der Waals surface area contributed by atoms with Gasteiger partial charge in [0.15, 0.2) is 0 Å². The lowest BCUT2D eigenvalue weighted by Crippen LogP contribution is -2.50. The van der Waals surface area contributed by atoms with Crippen molar-refractivity contribution in [2.45, 2.75) is 24.4 Å². The quantitative estimate of drug-likeness (QED) is 0.354. The lowest BCUT2D eigenvalue weighted by atomic mass is 10.1. The van der Waals surface area contributed by atoms with Gasteiger partial charge in [0.2, 0.25) is 11.8 Å². The maximum atomic E-state index is 13.8. The summed E-state index contributed by atoms with van der Waals surface area (Å²) < 4.78 is 33.6. The van der Waals surface area contributed by atoms with Crippen LogP contribution in [0, 0.1) is 0 Å². The molecular weight excluding hydrogens is 573 g/mol. The van der Waals surface area contributed by atoms with Crippen LogP contribution in [0.15, 0.2) is 71.6 Å². The number of hydrogen-bond donors (Lipinski definition) is 1. The zero-order chi connectivity index (χ0) is 28.0. The van der Waals surface area contributed by atoms with Gasteiger partial charge in [-0.25, -0.2) is 8.42 Å². The van der Waals surface area contributed by atoms with Gasteiger partial charge < -0.3 is 15.0 Å². The Morgan fingerprint density at radius 2 is 1.66 bits per heavy atom. The number of halogens is 3. The highest BCUT2D eigenvalue weighted by atomic mass is 35.5. The second-order valence-corrected chi connectivity index (χ2v) is 11.3. The van der Waals surface area contributed by atoms with E-state index >= 15 is 0 Å². The van der Waals surface area contributed by atoms with Crippen LogP contribution in [0.4, 0.5) is 5.69 Å². The minimum atomic E-state index is -4.21. The molecule has 1 atom stereocenters. The van der Waals surface area contributed by atoms with E-state index in [9.17, 15) is 18.0 Å². The van der Waals surface area contributed by atoms with Crippen molar-refractivity contribution in [3.05, 3.63) is 87.4 Å². The van der Waals surface area contributed by atoms with Crippen LogP contribution in [0.5, 0.6) is 5.75 Å². The van der Waals surface area contributed by atoms with Crippen LogP contribution >= 0.6 is 34.8 Å². The van der Waals surface area contributed by atoms with E-state index in [0.29, 0.717) is 21.4 Å². The number of likely N-dealkylation sites (N-methyl/N-ethyl adjacent to an activating group) is 1. The summed E-state index contributed by atoms with van der Waals surface area (Å²) in [5, 5.41) is 3.39. The van der Waals surface area contributed by atoms with Crippen molar-refractivity contribution in [2.24, 2.45) is 0 Å². The van der Waals surface area contributed by atoms with Crippen molar-refractivity contribution in [1.29, 1.82) is 0 Å². The Bertz CT molecular complexity index is 1420. The van der Waals surface area contributed by atoms with Gasteiger partial charge in [0.1, 0.15) is 18.3 Å². The Morgan fingerprint density at radius 3 is 2.24 bits per heavy atom. The molecule has 0 saturated heterocycles. The van der Waals surface area contributed by atoms with Crippen LogP contribution in [0.3, 0.4) is 0 Å². The zero-order valence-corrected chi connectivity index (χ0v) is 23.9. The minimum Gasteiger partial charge on any atom is -0.495 e. The van der Waals surface area contributed by atoms with Crippen molar-refractivity contribution >= 4 is 62.3 Å². The fraction of sp³-hybridized carbons (Fsp3) is 0.231.